The Bertz CT molecular complexity index is 517. The van der Waals surface area contributed by atoms with E-state index in [2.05, 4.69) is 10.6 Å². The lowest BCUT2D eigenvalue weighted by molar-refractivity contribution is -0.141. The van der Waals surface area contributed by atoms with Crippen LogP contribution in [-0.2, 0) is 16.1 Å². The van der Waals surface area contributed by atoms with Crippen molar-refractivity contribution in [2.24, 2.45) is 5.41 Å². The van der Waals surface area contributed by atoms with Crippen LogP contribution in [-0.4, -0.2) is 17.9 Å². The lowest BCUT2D eigenvalue weighted by Crippen LogP contribution is -2.50. The van der Waals surface area contributed by atoms with E-state index in [0.717, 1.165) is 31.2 Å². The molecule has 0 atom stereocenters. The van der Waals surface area contributed by atoms with Crippen molar-refractivity contribution in [3.63, 3.8) is 0 Å². The van der Waals surface area contributed by atoms with Crippen LogP contribution in [0.15, 0.2) is 30.3 Å². The monoisotopic (exact) mass is 316 g/mol. The Morgan fingerprint density at radius 2 is 1.61 bits per heavy atom. The second kappa shape index (κ2) is 8.14. The van der Waals surface area contributed by atoms with Gasteiger partial charge in [0, 0.05) is 12.6 Å². The van der Waals surface area contributed by atoms with Gasteiger partial charge < -0.3 is 10.6 Å². The highest BCUT2D eigenvalue weighted by molar-refractivity contribution is 6.04. The predicted molar refractivity (Wildman–Crippen MR) is 91.7 cm³/mol. The van der Waals surface area contributed by atoms with Gasteiger partial charge >= 0.3 is 0 Å². The van der Waals surface area contributed by atoms with Gasteiger partial charge in [-0.3, -0.25) is 9.59 Å². The predicted octanol–water partition coefficient (Wildman–Crippen LogP) is 3.17. The molecule has 0 aliphatic heterocycles. The molecule has 0 spiro atoms. The molecule has 1 aliphatic carbocycles. The molecule has 4 nitrogen and oxygen atoms in total. The number of hydrogen-bond acceptors (Lipinski definition) is 2. The number of nitrogens with one attached hydrogen (secondary N) is 2. The molecular formula is C19H28N2O2. The van der Waals surface area contributed by atoms with Gasteiger partial charge in [0.15, 0.2) is 0 Å². The first-order valence-electron chi connectivity index (χ1n) is 8.63. The molecule has 0 heterocycles. The number of benzene rings is 1. The third-order valence-electron chi connectivity index (χ3n) is 4.62. The normalized spacial score (nSPS) is 16.4. The second-order valence-corrected chi connectivity index (χ2v) is 6.96. The second-order valence-electron chi connectivity index (χ2n) is 6.96. The average Bonchev–Trinajstić information content (AvgIpc) is 2.82. The first-order valence-corrected chi connectivity index (χ1v) is 8.63. The van der Waals surface area contributed by atoms with Gasteiger partial charge in [-0.1, -0.05) is 56.0 Å². The topological polar surface area (TPSA) is 58.2 Å². The summed E-state index contributed by atoms with van der Waals surface area (Å²) in [6.45, 7) is 3.83. The van der Waals surface area contributed by atoms with Crippen LogP contribution in [0.1, 0.15) is 57.9 Å². The SMILES string of the molecule is CC(C)(C(=O)NCc1ccccc1)C(=O)NC1CCCCCC1. The van der Waals surface area contributed by atoms with E-state index in [4.69, 9.17) is 0 Å². The van der Waals surface area contributed by atoms with Gasteiger partial charge in [0.2, 0.25) is 11.8 Å². The molecule has 0 aromatic heterocycles. The highest BCUT2D eigenvalue weighted by atomic mass is 16.2. The molecule has 1 aliphatic rings. The summed E-state index contributed by atoms with van der Waals surface area (Å²) in [5.74, 6) is -0.401. The summed E-state index contributed by atoms with van der Waals surface area (Å²) in [5, 5.41) is 5.95. The molecule has 4 heteroatoms. The largest absolute Gasteiger partial charge is 0.352 e. The first-order chi connectivity index (χ1) is 11.0. The van der Waals surface area contributed by atoms with E-state index in [-0.39, 0.29) is 17.9 Å². The summed E-state index contributed by atoms with van der Waals surface area (Å²) >= 11 is 0. The Kier molecular flexibility index (Phi) is 6.20. The maximum atomic E-state index is 12.5. The summed E-state index contributed by atoms with van der Waals surface area (Å²) in [6.07, 6.45) is 6.85. The minimum atomic E-state index is -1.05. The smallest absolute Gasteiger partial charge is 0.235 e. The van der Waals surface area contributed by atoms with Crippen molar-refractivity contribution in [1.29, 1.82) is 0 Å². The summed E-state index contributed by atoms with van der Waals surface area (Å²) < 4.78 is 0. The van der Waals surface area contributed by atoms with Gasteiger partial charge in [0.05, 0.1) is 0 Å². The van der Waals surface area contributed by atoms with Crippen molar-refractivity contribution in [2.75, 3.05) is 0 Å². The zero-order chi connectivity index (χ0) is 16.7. The van der Waals surface area contributed by atoms with Crippen LogP contribution in [0.2, 0.25) is 0 Å². The average molecular weight is 316 g/mol. The lowest BCUT2D eigenvalue weighted by Gasteiger charge is -2.26. The summed E-state index contributed by atoms with van der Waals surface area (Å²) in [6, 6.07) is 9.94. The molecular weight excluding hydrogens is 288 g/mol. The maximum Gasteiger partial charge on any atom is 0.235 e. The van der Waals surface area contributed by atoms with Gasteiger partial charge in [0.1, 0.15) is 5.41 Å². The third-order valence-corrected chi connectivity index (χ3v) is 4.62. The van der Waals surface area contributed by atoms with Crippen LogP contribution in [0.25, 0.3) is 0 Å². The molecule has 0 saturated heterocycles. The Hall–Kier alpha value is -1.84. The van der Waals surface area contributed by atoms with E-state index in [1.165, 1.54) is 12.8 Å². The van der Waals surface area contributed by atoms with E-state index in [9.17, 15) is 9.59 Å². The van der Waals surface area contributed by atoms with Crippen LogP contribution in [0.4, 0.5) is 0 Å². The Morgan fingerprint density at radius 3 is 2.22 bits per heavy atom. The summed E-state index contributed by atoms with van der Waals surface area (Å²) in [7, 11) is 0. The van der Waals surface area contributed by atoms with Crippen LogP contribution >= 0.6 is 0 Å². The Labute approximate surface area is 139 Å². The number of carbonyl (C=O) groups excluding carboxylic acids is 2. The maximum absolute atomic E-state index is 12.5. The van der Waals surface area contributed by atoms with E-state index < -0.39 is 5.41 Å². The molecule has 1 aromatic rings. The molecule has 0 bridgehead atoms. The van der Waals surface area contributed by atoms with Crippen molar-refractivity contribution in [1.82, 2.24) is 10.6 Å². The molecule has 23 heavy (non-hydrogen) atoms. The zero-order valence-corrected chi connectivity index (χ0v) is 14.2. The standard InChI is InChI=1S/C19H28N2O2/c1-19(2,17(22)20-14-15-10-6-5-7-11-15)18(23)21-16-12-8-3-4-9-13-16/h5-7,10-11,16H,3-4,8-9,12-14H2,1-2H3,(H,20,22)(H,21,23). The minimum absolute atomic E-state index is 0.171. The van der Waals surface area contributed by atoms with Crippen molar-refractivity contribution in [3.05, 3.63) is 35.9 Å². The van der Waals surface area contributed by atoms with Gasteiger partial charge in [0.25, 0.3) is 0 Å². The van der Waals surface area contributed by atoms with E-state index in [1.807, 2.05) is 30.3 Å². The van der Waals surface area contributed by atoms with Crippen LogP contribution < -0.4 is 10.6 Å². The van der Waals surface area contributed by atoms with Gasteiger partial charge in [-0.05, 0) is 32.3 Å². The molecule has 1 aromatic carbocycles. The van der Waals surface area contributed by atoms with Crippen molar-refractivity contribution >= 4 is 11.8 Å². The van der Waals surface area contributed by atoms with E-state index in [0.29, 0.717) is 6.54 Å². The molecule has 1 saturated carbocycles. The lowest BCUT2D eigenvalue weighted by atomic mass is 9.90. The van der Waals surface area contributed by atoms with E-state index in [1.54, 1.807) is 13.8 Å². The number of rotatable bonds is 5. The number of carbonyl (C=O) groups is 2. The highest BCUT2D eigenvalue weighted by Gasteiger charge is 2.36. The molecule has 2 amide bonds. The molecule has 2 N–H and O–H groups in total. The van der Waals surface area contributed by atoms with Crippen molar-refractivity contribution in [2.45, 2.75) is 65.0 Å². The van der Waals surface area contributed by atoms with Crippen LogP contribution in [0.3, 0.4) is 0 Å². The number of amides is 2. The van der Waals surface area contributed by atoms with Crippen molar-refractivity contribution < 1.29 is 9.59 Å². The third kappa shape index (κ3) is 5.08. The Morgan fingerprint density at radius 1 is 1.00 bits per heavy atom. The quantitative estimate of drug-likeness (QED) is 0.647. The molecule has 2 rings (SSSR count). The minimum Gasteiger partial charge on any atom is -0.352 e. The van der Waals surface area contributed by atoms with Crippen LogP contribution in [0, 0.1) is 5.41 Å². The van der Waals surface area contributed by atoms with Gasteiger partial charge in [-0.15, -0.1) is 0 Å². The molecule has 126 valence electrons. The highest BCUT2D eigenvalue weighted by Crippen LogP contribution is 2.21. The van der Waals surface area contributed by atoms with E-state index >= 15 is 0 Å². The Balaban J connectivity index is 1.87. The summed E-state index contributed by atoms with van der Waals surface area (Å²) in [5.41, 5.74) is -0.0259. The zero-order valence-electron chi connectivity index (χ0n) is 14.2. The molecule has 0 radical (unpaired) electrons. The molecule has 0 unspecified atom stereocenters. The van der Waals surface area contributed by atoms with Gasteiger partial charge in [-0.25, -0.2) is 0 Å². The fourth-order valence-electron chi connectivity index (χ4n) is 2.89. The number of hydrogen-bond donors (Lipinski definition) is 2. The van der Waals surface area contributed by atoms with Crippen molar-refractivity contribution in [3.8, 4) is 0 Å². The van der Waals surface area contributed by atoms with Gasteiger partial charge in [-0.2, -0.15) is 0 Å². The first kappa shape index (κ1) is 17.5. The fourth-order valence-corrected chi connectivity index (χ4v) is 2.89. The fraction of sp³-hybridized carbons (Fsp3) is 0.579. The van der Waals surface area contributed by atoms with Crippen LogP contribution in [0.5, 0.6) is 0 Å². The summed E-state index contributed by atoms with van der Waals surface area (Å²) in [4.78, 5) is 24.9. The molecule has 1 fully saturated rings.